The zero-order valence-corrected chi connectivity index (χ0v) is 15.9. The number of nitrogens with zero attached hydrogens (tertiary/aromatic N) is 5. The molecule has 2 aromatic heterocycles. The average Bonchev–Trinajstić information content (AvgIpc) is 3.12. The maximum absolute atomic E-state index is 12.1. The van der Waals surface area contributed by atoms with E-state index in [-0.39, 0.29) is 18.0 Å². The van der Waals surface area contributed by atoms with Crippen LogP contribution in [0.4, 0.5) is 11.5 Å². The molecular formula is C18H21N7O4. The number of methoxy groups -OCH3 is 1. The Morgan fingerprint density at radius 3 is 2.76 bits per heavy atom. The van der Waals surface area contributed by atoms with Crippen LogP contribution in [0.3, 0.4) is 0 Å². The van der Waals surface area contributed by atoms with E-state index in [2.05, 4.69) is 25.7 Å². The smallest absolute Gasteiger partial charge is 0.269 e. The number of fused-ring (bicyclic) bond motifs is 1. The Hall–Kier alpha value is -3.60. The predicted molar refractivity (Wildman–Crippen MR) is 105 cm³/mol. The fourth-order valence-corrected chi connectivity index (χ4v) is 2.75. The van der Waals surface area contributed by atoms with Gasteiger partial charge in [0.05, 0.1) is 36.1 Å². The van der Waals surface area contributed by atoms with Crippen molar-refractivity contribution in [3.8, 4) is 0 Å². The number of carbonyl (C=O) groups excluding carboxylic acids is 1. The minimum Gasteiger partial charge on any atom is -0.383 e. The third-order valence-electron chi connectivity index (χ3n) is 4.19. The summed E-state index contributed by atoms with van der Waals surface area (Å²) in [5.41, 5.74) is 1.37. The zero-order valence-electron chi connectivity index (χ0n) is 15.9. The highest BCUT2D eigenvalue weighted by molar-refractivity contribution is 5.86. The summed E-state index contributed by atoms with van der Waals surface area (Å²) in [5.74, 6) is 0.507. The molecule has 2 heterocycles. The van der Waals surface area contributed by atoms with Gasteiger partial charge in [-0.05, 0) is 5.56 Å². The van der Waals surface area contributed by atoms with Crippen molar-refractivity contribution in [3.63, 3.8) is 0 Å². The minimum absolute atomic E-state index is 0.00205. The SMILES string of the molecule is COCCNc1ncnc2c1cnn2CCNC(=O)Cc1ccc([N+](=O)[O-])cc1. The molecule has 1 aromatic carbocycles. The highest BCUT2D eigenvalue weighted by Crippen LogP contribution is 2.18. The number of benzene rings is 1. The Morgan fingerprint density at radius 2 is 2.03 bits per heavy atom. The number of carbonyl (C=O) groups is 1. The quantitative estimate of drug-likeness (QED) is 0.294. The lowest BCUT2D eigenvalue weighted by atomic mass is 10.1. The molecule has 0 saturated heterocycles. The van der Waals surface area contributed by atoms with Gasteiger partial charge in [-0.2, -0.15) is 5.10 Å². The summed E-state index contributed by atoms with van der Waals surface area (Å²) in [7, 11) is 1.63. The lowest BCUT2D eigenvalue weighted by molar-refractivity contribution is -0.384. The van der Waals surface area contributed by atoms with Crippen LogP contribution in [0.15, 0.2) is 36.8 Å². The van der Waals surface area contributed by atoms with Gasteiger partial charge in [0.1, 0.15) is 12.1 Å². The van der Waals surface area contributed by atoms with Gasteiger partial charge in [-0.1, -0.05) is 12.1 Å². The summed E-state index contributed by atoms with van der Waals surface area (Å²) in [4.78, 5) is 30.8. The van der Waals surface area contributed by atoms with Crippen molar-refractivity contribution < 1.29 is 14.5 Å². The largest absolute Gasteiger partial charge is 0.383 e. The van der Waals surface area contributed by atoms with Crippen molar-refractivity contribution in [2.24, 2.45) is 0 Å². The summed E-state index contributed by atoms with van der Waals surface area (Å²) in [5, 5.41) is 21.8. The van der Waals surface area contributed by atoms with Crippen LogP contribution in [0.1, 0.15) is 5.56 Å². The first-order chi connectivity index (χ1) is 14.1. The first-order valence-electron chi connectivity index (χ1n) is 8.98. The van der Waals surface area contributed by atoms with Gasteiger partial charge in [-0.3, -0.25) is 14.9 Å². The van der Waals surface area contributed by atoms with E-state index in [4.69, 9.17) is 4.74 Å². The van der Waals surface area contributed by atoms with Crippen LogP contribution in [0.25, 0.3) is 11.0 Å². The fourth-order valence-electron chi connectivity index (χ4n) is 2.75. The van der Waals surface area contributed by atoms with Crippen LogP contribution in [0.5, 0.6) is 0 Å². The molecule has 0 radical (unpaired) electrons. The van der Waals surface area contributed by atoms with Crippen molar-refractivity contribution in [2.45, 2.75) is 13.0 Å². The fraction of sp³-hybridized carbons (Fsp3) is 0.333. The molecule has 2 N–H and O–H groups in total. The molecule has 29 heavy (non-hydrogen) atoms. The number of nitro groups is 1. The van der Waals surface area contributed by atoms with E-state index in [1.807, 2.05) is 0 Å². The normalized spacial score (nSPS) is 10.8. The van der Waals surface area contributed by atoms with Gasteiger partial charge in [0.25, 0.3) is 5.69 Å². The zero-order chi connectivity index (χ0) is 20.6. The standard InChI is InChI=1S/C18H21N7O4/c1-29-9-7-20-17-15-11-23-24(18(15)22-12-21-17)8-6-19-16(26)10-13-2-4-14(5-3-13)25(27)28/h2-5,11-12H,6-10H2,1H3,(H,19,26)(H,20,21,22). The van der Waals surface area contributed by atoms with E-state index in [0.29, 0.717) is 43.3 Å². The van der Waals surface area contributed by atoms with Gasteiger partial charge in [-0.15, -0.1) is 0 Å². The van der Waals surface area contributed by atoms with E-state index in [1.54, 1.807) is 30.1 Å². The number of aromatic nitrogens is 4. The molecule has 3 aromatic rings. The number of amides is 1. The topological polar surface area (TPSA) is 137 Å². The Balaban J connectivity index is 1.53. The van der Waals surface area contributed by atoms with Gasteiger partial charge >= 0.3 is 0 Å². The lowest BCUT2D eigenvalue weighted by Gasteiger charge is -2.07. The van der Waals surface area contributed by atoms with Crippen LogP contribution in [-0.2, 0) is 22.5 Å². The molecule has 0 unspecified atom stereocenters. The molecule has 3 rings (SSSR count). The van der Waals surface area contributed by atoms with Gasteiger partial charge < -0.3 is 15.4 Å². The minimum atomic E-state index is -0.472. The number of nitrogens with one attached hydrogen (secondary N) is 2. The maximum atomic E-state index is 12.1. The number of hydrogen-bond donors (Lipinski definition) is 2. The molecule has 11 nitrogen and oxygen atoms in total. The molecule has 0 saturated carbocycles. The first kappa shape index (κ1) is 20.1. The second-order valence-corrected chi connectivity index (χ2v) is 6.20. The number of anilines is 1. The van der Waals surface area contributed by atoms with Crippen molar-refractivity contribution in [1.82, 2.24) is 25.1 Å². The molecular weight excluding hydrogens is 378 g/mol. The number of non-ortho nitro benzene ring substituents is 1. The van der Waals surface area contributed by atoms with Gasteiger partial charge in [-0.25, -0.2) is 14.6 Å². The lowest BCUT2D eigenvalue weighted by Crippen LogP contribution is -2.28. The molecule has 0 atom stereocenters. The summed E-state index contributed by atoms with van der Waals surface area (Å²) in [6.45, 7) is 2.00. The second-order valence-electron chi connectivity index (χ2n) is 6.20. The van der Waals surface area contributed by atoms with Crippen LogP contribution < -0.4 is 10.6 Å². The molecule has 1 amide bonds. The Kier molecular flexibility index (Phi) is 6.63. The summed E-state index contributed by atoms with van der Waals surface area (Å²) >= 11 is 0. The second kappa shape index (κ2) is 9.55. The van der Waals surface area contributed by atoms with Crippen molar-refractivity contribution in [2.75, 3.05) is 32.1 Å². The van der Waals surface area contributed by atoms with Gasteiger partial charge in [0.15, 0.2) is 5.65 Å². The van der Waals surface area contributed by atoms with Crippen molar-refractivity contribution >= 4 is 28.4 Å². The van der Waals surface area contributed by atoms with Crippen LogP contribution in [-0.4, -0.2) is 57.4 Å². The van der Waals surface area contributed by atoms with E-state index < -0.39 is 4.92 Å². The van der Waals surface area contributed by atoms with E-state index in [9.17, 15) is 14.9 Å². The molecule has 0 fully saturated rings. The highest BCUT2D eigenvalue weighted by atomic mass is 16.6. The average molecular weight is 399 g/mol. The first-order valence-corrected chi connectivity index (χ1v) is 8.98. The van der Waals surface area contributed by atoms with Gasteiger partial charge in [0, 0.05) is 32.3 Å². The van der Waals surface area contributed by atoms with E-state index >= 15 is 0 Å². The Labute approximate surface area is 166 Å². The number of rotatable bonds is 10. The predicted octanol–water partition coefficient (Wildman–Crippen LogP) is 1.15. The van der Waals surface area contributed by atoms with Crippen LogP contribution in [0.2, 0.25) is 0 Å². The highest BCUT2D eigenvalue weighted by Gasteiger charge is 2.10. The summed E-state index contributed by atoms with van der Waals surface area (Å²) in [6, 6.07) is 5.93. The number of ether oxygens (including phenoxy) is 1. The van der Waals surface area contributed by atoms with Crippen molar-refractivity contribution in [1.29, 1.82) is 0 Å². The third kappa shape index (κ3) is 5.23. The molecule has 152 valence electrons. The van der Waals surface area contributed by atoms with Crippen molar-refractivity contribution in [3.05, 3.63) is 52.5 Å². The molecule has 0 bridgehead atoms. The summed E-state index contributed by atoms with van der Waals surface area (Å²) in [6.07, 6.45) is 3.29. The molecule has 0 aliphatic rings. The summed E-state index contributed by atoms with van der Waals surface area (Å²) < 4.78 is 6.72. The Morgan fingerprint density at radius 1 is 1.24 bits per heavy atom. The molecule has 11 heteroatoms. The van der Waals surface area contributed by atoms with Crippen LogP contribution >= 0.6 is 0 Å². The van der Waals surface area contributed by atoms with Crippen LogP contribution in [0, 0.1) is 10.1 Å². The molecule has 0 aliphatic heterocycles. The third-order valence-corrected chi connectivity index (χ3v) is 4.19. The molecule has 0 spiro atoms. The van der Waals surface area contributed by atoms with E-state index in [0.717, 1.165) is 5.39 Å². The maximum Gasteiger partial charge on any atom is 0.269 e. The number of hydrogen-bond acceptors (Lipinski definition) is 8. The van der Waals surface area contributed by atoms with E-state index in [1.165, 1.54) is 18.5 Å². The molecule has 0 aliphatic carbocycles. The van der Waals surface area contributed by atoms with Gasteiger partial charge in [0.2, 0.25) is 5.91 Å². The monoisotopic (exact) mass is 399 g/mol. The Bertz CT molecular complexity index is 988. The number of nitro benzene ring substituents is 1.